The maximum Gasteiger partial charge on any atom is 0.267 e. The quantitative estimate of drug-likeness (QED) is 0.655. The summed E-state index contributed by atoms with van der Waals surface area (Å²) in [4.78, 5) is 11.8. The Kier molecular flexibility index (Phi) is 4.31. The molecule has 5 rings (SSSR count). The minimum Gasteiger partial charge on any atom is -0.497 e. The highest BCUT2D eigenvalue weighted by atomic mass is 32.2. The summed E-state index contributed by atoms with van der Waals surface area (Å²) >= 11 is 0. The number of ether oxygens (including phenoxy) is 1. The van der Waals surface area contributed by atoms with Gasteiger partial charge < -0.3 is 9.64 Å². The zero-order chi connectivity index (χ0) is 20.0. The van der Waals surface area contributed by atoms with Gasteiger partial charge in [-0.15, -0.1) is 0 Å². The molecule has 0 N–H and O–H groups in total. The first-order valence-corrected chi connectivity index (χ1v) is 11.2. The summed E-state index contributed by atoms with van der Waals surface area (Å²) in [5.41, 5.74) is 1.47. The van der Waals surface area contributed by atoms with Gasteiger partial charge in [0, 0.05) is 6.04 Å². The van der Waals surface area contributed by atoms with Crippen LogP contribution in [0, 0.1) is 0 Å². The van der Waals surface area contributed by atoms with Gasteiger partial charge in [0.2, 0.25) is 0 Å². The summed E-state index contributed by atoms with van der Waals surface area (Å²) < 4.78 is 33.5. The molecule has 150 valence electrons. The van der Waals surface area contributed by atoms with Crippen LogP contribution in [0.1, 0.15) is 25.7 Å². The van der Waals surface area contributed by atoms with E-state index < -0.39 is 10.0 Å². The van der Waals surface area contributed by atoms with E-state index in [0.29, 0.717) is 28.9 Å². The second-order valence-electron chi connectivity index (χ2n) is 7.44. The number of para-hydroxylation sites is 2. The molecule has 2 aliphatic rings. The van der Waals surface area contributed by atoms with Crippen molar-refractivity contribution in [2.45, 2.75) is 36.6 Å². The smallest absolute Gasteiger partial charge is 0.267 e. The maximum absolute atomic E-state index is 13.5. The molecule has 0 saturated heterocycles. The van der Waals surface area contributed by atoms with Gasteiger partial charge in [0.25, 0.3) is 10.0 Å². The van der Waals surface area contributed by atoms with Crippen LogP contribution in [0.2, 0.25) is 0 Å². The van der Waals surface area contributed by atoms with E-state index in [1.807, 2.05) is 24.3 Å². The van der Waals surface area contributed by atoms with Gasteiger partial charge in [-0.25, -0.2) is 22.7 Å². The summed E-state index contributed by atoms with van der Waals surface area (Å²) in [5, 5.41) is 0. The lowest BCUT2D eigenvalue weighted by molar-refractivity contribution is 0.414. The largest absolute Gasteiger partial charge is 0.497 e. The Balaban J connectivity index is 1.63. The lowest BCUT2D eigenvalue weighted by atomic mass is 10.2. The van der Waals surface area contributed by atoms with Crippen molar-refractivity contribution < 1.29 is 13.2 Å². The Labute approximate surface area is 170 Å². The van der Waals surface area contributed by atoms with E-state index in [1.54, 1.807) is 31.4 Å². The Bertz CT molecular complexity index is 1160. The van der Waals surface area contributed by atoms with Gasteiger partial charge in [-0.05, 0) is 49.2 Å². The fraction of sp³-hybridized carbons (Fsp3) is 0.333. The van der Waals surface area contributed by atoms with E-state index in [1.165, 1.54) is 4.31 Å². The molecule has 0 unspecified atom stereocenters. The Morgan fingerprint density at radius 2 is 1.55 bits per heavy atom. The molecule has 0 spiro atoms. The number of hydrogen-bond donors (Lipinski definition) is 0. The van der Waals surface area contributed by atoms with Gasteiger partial charge in [0.1, 0.15) is 12.4 Å². The number of fused-ring (bicyclic) bond motifs is 2. The van der Waals surface area contributed by atoms with Crippen LogP contribution in [0.3, 0.4) is 0 Å². The van der Waals surface area contributed by atoms with E-state index in [4.69, 9.17) is 14.7 Å². The average Bonchev–Trinajstić information content (AvgIpc) is 3.40. The SMILES string of the molecule is COc1ccc(S(=O)(=O)N2CN(C3CCCC3)c3nc4ccccc4nc32)cc1. The molecule has 2 aromatic carbocycles. The summed E-state index contributed by atoms with van der Waals surface area (Å²) in [6.45, 7) is 0.241. The highest BCUT2D eigenvalue weighted by Gasteiger charge is 2.41. The minimum absolute atomic E-state index is 0.215. The Hall–Kier alpha value is -2.87. The van der Waals surface area contributed by atoms with Crippen LogP contribution in [0.15, 0.2) is 53.4 Å². The summed E-state index contributed by atoms with van der Waals surface area (Å²) in [5.74, 6) is 1.68. The van der Waals surface area contributed by atoms with Crippen molar-refractivity contribution in [1.82, 2.24) is 9.97 Å². The molecule has 1 fully saturated rings. The van der Waals surface area contributed by atoms with Crippen LogP contribution >= 0.6 is 0 Å². The van der Waals surface area contributed by atoms with E-state index in [9.17, 15) is 8.42 Å². The topological polar surface area (TPSA) is 75.6 Å². The number of benzene rings is 2. The molecule has 1 aromatic heterocycles. The van der Waals surface area contributed by atoms with Gasteiger partial charge in [0.15, 0.2) is 11.6 Å². The van der Waals surface area contributed by atoms with Crippen LogP contribution < -0.4 is 13.9 Å². The average molecular weight is 410 g/mol. The van der Waals surface area contributed by atoms with Gasteiger partial charge >= 0.3 is 0 Å². The molecule has 29 heavy (non-hydrogen) atoms. The van der Waals surface area contributed by atoms with Crippen molar-refractivity contribution in [1.29, 1.82) is 0 Å². The highest BCUT2D eigenvalue weighted by Crippen LogP contribution is 2.41. The third-order valence-corrected chi connectivity index (χ3v) is 7.47. The summed E-state index contributed by atoms with van der Waals surface area (Å²) in [7, 11) is -2.22. The zero-order valence-corrected chi connectivity index (χ0v) is 17.0. The number of sulfonamides is 1. The van der Waals surface area contributed by atoms with Crippen molar-refractivity contribution in [3.63, 3.8) is 0 Å². The van der Waals surface area contributed by atoms with Crippen LogP contribution in [0.4, 0.5) is 11.6 Å². The maximum atomic E-state index is 13.5. The van der Waals surface area contributed by atoms with Crippen LogP contribution in [-0.2, 0) is 10.0 Å². The summed E-state index contributed by atoms with van der Waals surface area (Å²) in [6.07, 6.45) is 4.40. The van der Waals surface area contributed by atoms with Crippen molar-refractivity contribution >= 4 is 32.7 Å². The predicted octanol–water partition coefficient (Wildman–Crippen LogP) is 3.55. The molecule has 0 bridgehead atoms. The van der Waals surface area contributed by atoms with Gasteiger partial charge in [-0.3, -0.25) is 0 Å². The number of anilines is 2. The number of rotatable bonds is 4. The number of aromatic nitrogens is 2. The Morgan fingerprint density at radius 3 is 2.17 bits per heavy atom. The highest BCUT2D eigenvalue weighted by molar-refractivity contribution is 7.92. The van der Waals surface area contributed by atoms with E-state index in [0.717, 1.165) is 31.2 Å². The van der Waals surface area contributed by atoms with Crippen molar-refractivity contribution in [3.05, 3.63) is 48.5 Å². The van der Waals surface area contributed by atoms with Crippen LogP contribution in [0.5, 0.6) is 5.75 Å². The Morgan fingerprint density at radius 1 is 0.931 bits per heavy atom. The van der Waals surface area contributed by atoms with Gasteiger partial charge in [-0.1, -0.05) is 25.0 Å². The molecule has 7 nitrogen and oxygen atoms in total. The molecule has 2 heterocycles. The lowest BCUT2D eigenvalue weighted by Crippen LogP contribution is -2.40. The van der Waals surface area contributed by atoms with E-state index >= 15 is 0 Å². The second kappa shape index (κ2) is 6.88. The van der Waals surface area contributed by atoms with Crippen molar-refractivity contribution in [3.8, 4) is 5.75 Å². The molecule has 0 atom stereocenters. The lowest BCUT2D eigenvalue weighted by Gasteiger charge is -2.26. The standard InChI is InChI=1S/C21H22N4O3S/c1-28-16-10-12-17(13-11-16)29(26,27)25-14-24(15-6-2-3-7-15)20-21(25)23-19-9-5-4-8-18(19)22-20/h4-5,8-13,15H,2-3,6-7,14H2,1H3. The summed E-state index contributed by atoms with van der Waals surface area (Å²) in [6, 6.07) is 14.3. The fourth-order valence-electron chi connectivity index (χ4n) is 4.18. The predicted molar refractivity (Wildman–Crippen MR) is 112 cm³/mol. The molecule has 0 radical (unpaired) electrons. The van der Waals surface area contributed by atoms with E-state index in [2.05, 4.69) is 4.90 Å². The molecule has 1 aliphatic heterocycles. The van der Waals surface area contributed by atoms with Gasteiger partial charge in [-0.2, -0.15) is 0 Å². The zero-order valence-electron chi connectivity index (χ0n) is 16.2. The van der Waals surface area contributed by atoms with Crippen molar-refractivity contribution in [2.24, 2.45) is 0 Å². The monoisotopic (exact) mass is 410 g/mol. The minimum atomic E-state index is -3.77. The molecule has 1 saturated carbocycles. The first-order valence-electron chi connectivity index (χ1n) is 9.78. The number of nitrogens with zero attached hydrogens (tertiary/aromatic N) is 4. The van der Waals surface area contributed by atoms with Crippen LogP contribution in [-0.4, -0.2) is 38.2 Å². The van der Waals surface area contributed by atoms with Gasteiger partial charge in [0.05, 0.1) is 23.0 Å². The normalized spacial score (nSPS) is 17.1. The van der Waals surface area contributed by atoms with Crippen molar-refractivity contribution in [2.75, 3.05) is 23.0 Å². The fourth-order valence-corrected chi connectivity index (χ4v) is 5.54. The van der Waals surface area contributed by atoms with Crippen LogP contribution in [0.25, 0.3) is 11.0 Å². The molecule has 3 aromatic rings. The molecular weight excluding hydrogens is 388 g/mol. The third-order valence-electron chi connectivity index (χ3n) is 5.74. The first-order chi connectivity index (χ1) is 14.1. The number of methoxy groups -OCH3 is 1. The molecule has 0 amide bonds. The number of hydrogen-bond acceptors (Lipinski definition) is 6. The third kappa shape index (κ3) is 2.98. The van der Waals surface area contributed by atoms with E-state index in [-0.39, 0.29) is 11.6 Å². The first kappa shape index (κ1) is 18.2. The molecule has 1 aliphatic carbocycles. The second-order valence-corrected chi connectivity index (χ2v) is 9.30. The molecular formula is C21H22N4O3S. The molecule has 8 heteroatoms.